The van der Waals surface area contributed by atoms with Crippen molar-refractivity contribution < 1.29 is 9.18 Å². The van der Waals surface area contributed by atoms with Crippen molar-refractivity contribution in [3.8, 4) is 0 Å². The van der Waals surface area contributed by atoms with Gasteiger partial charge in [0.15, 0.2) is 0 Å². The maximum Gasteiger partial charge on any atom is 0.250 e. The Morgan fingerprint density at radius 1 is 1.20 bits per heavy atom. The van der Waals surface area contributed by atoms with Crippen LogP contribution in [-0.4, -0.2) is 12.5 Å². The van der Waals surface area contributed by atoms with Crippen LogP contribution in [0, 0.1) is 5.82 Å². The first-order chi connectivity index (χ1) is 9.52. The van der Waals surface area contributed by atoms with Gasteiger partial charge >= 0.3 is 0 Å². The standard InChI is InChI=1S/C15H16FN3O/c1-2-19(12-6-3-10(16)4-7-12)14-9-11(17)5-8-13(14)15(18)20/h3-9H,2,17H2,1H3,(H2,18,20). The molecule has 0 bridgehead atoms. The molecule has 0 atom stereocenters. The highest BCUT2D eigenvalue weighted by atomic mass is 19.1. The van der Waals surface area contributed by atoms with Gasteiger partial charge in [0.05, 0.1) is 11.3 Å². The molecular weight excluding hydrogens is 257 g/mol. The topological polar surface area (TPSA) is 72.3 Å². The van der Waals surface area contributed by atoms with Crippen molar-refractivity contribution in [3.05, 3.63) is 53.8 Å². The van der Waals surface area contributed by atoms with Gasteiger partial charge in [0, 0.05) is 17.9 Å². The maximum absolute atomic E-state index is 13.0. The number of halogens is 1. The largest absolute Gasteiger partial charge is 0.399 e. The monoisotopic (exact) mass is 273 g/mol. The van der Waals surface area contributed by atoms with Gasteiger partial charge < -0.3 is 16.4 Å². The molecular formula is C15H16FN3O. The highest BCUT2D eigenvalue weighted by Crippen LogP contribution is 2.30. The number of carbonyl (C=O) groups is 1. The number of nitrogens with two attached hydrogens (primary N) is 2. The second-order valence-electron chi connectivity index (χ2n) is 4.36. The normalized spacial score (nSPS) is 10.3. The molecule has 104 valence electrons. The minimum atomic E-state index is -0.527. The van der Waals surface area contributed by atoms with Crippen molar-refractivity contribution in [2.45, 2.75) is 6.92 Å². The fraction of sp³-hybridized carbons (Fsp3) is 0.133. The number of nitrogens with zero attached hydrogens (tertiary/aromatic N) is 1. The first-order valence-electron chi connectivity index (χ1n) is 6.25. The number of primary amides is 1. The molecule has 0 aliphatic rings. The lowest BCUT2D eigenvalue weighted by atomic mass is 10.1. The molecule has 0 aliphatic heterocycles. The van der Waals surface area contributed by atoms with Crippen molar-refractivity contribution in [2.24, 2.45) is 5.73 Å². The van der Waals surface area contributed by atoms with E-state index in [4.69, 9.17) is 11.5 Å². The van der Waals surface area contributed by atoms with Crippen LogP contribution in [0.1, 0.15) is 17.3 Å². The Balaban J connectivity index is 2.53. The van der Waals surface area contributed by atoms with Gasteiger partial charge in [-0.15, -0.1) is 0 Å². The molecule has 0 unspecified atom stereocenters. The first kappa shape index (κ1) is 13.9. The molecule has 0 heterocycles. The van der Waals surface area contributed by atoms with E-state index in [1.807, 2.05) is 11.8 Å². The van der Waals surface area contributed by atoms with E-state index in [-0.39, 0.29) is 5.82 Å². The van der Waals surface area contributed by atoms with Crippen molar-refractivity contribution in [2.75, 3.05) is 17.2 Å². The van der Waals surface area contributed by atoms with Gasteiger partial charge in [-0.05, 0) is 49.4 Å². The number of nitrogen functional groups attached to an aromatic ring is 1. The van der Waals surface area contributed by atoms with Crippen LogP contribution in [0.4, 0.5) is 21.5 Å². The van der Waals surface area contributed by atoms with Gasteiger partial charge in [-0.3, -0.25) is 4.79 Å². The molecule has 0 radical (unpaired) electrons. The average molecular weight is 273 g/mol. The van der Waals surface area contributed by atoms with E-state index < -0.39 is 5.91 Å². The molecule has 0 aliphatic carbocycles. The molecule has 0 spiro atoms. The Labute approximate surface area is 116 Å². The van der Waals surface area contributed by atoms with Gasteiger partial charge in [0.25, 0.3) is 5.91 Å². The minimum Gasteiger partial charge on any atom is -0.399 e. The maximum atomic E-state index is 13.0. The number of rotatable bonds is 4. The molecule has 1 amide bonds. The smallest absolute Gasteiger partial charge is 0.250 e. The molecule has 0 aromatic heterocycles. The summed E-state index contributed by atoms with van der Waals surface area (Å²) < 4.78 is 13.0. The van der Waals surface area contributed by atoms with E-state index in [0.717, 1.165) is 5.69 Å². The van der Waals surface area contributed by atoms with Gasteiger partial charge in [-0.1, -0.05) is 0 Å². The van der Waals surface area contributed by atoms with Gasteiger partial charge in [0.2, 0.25) is 0 Å². The van der Waals surface area contributed by atoms with E-state index in [1.165, 1.54) is 12.1 Å². The first-order valence-corrected chi connectivity index (χ1v) is 6.25. The zero-order valence-electron chi connectivity index (χ0n) is 11.1. The number of hydrogen-bond acceptors (Lipinski definition) is 3. The predicted octanol–water partition coefficient (Wildman–Crippen LogP) is 2.66. The van der Waals surface area contributed by atoms with Crippen molar-refractivity contribution in [1.82, 2.24) is 0 Å². The van der Waals surface area contributed by atoms with Crippen LogP contribution >= 0.6 is 0 Å². The molecule has 2 aromatic rings. The summed E-state index contributed by atoms with van der Waals surface area (Å²) in [6.07, 6.45) is 0. The highest BCUT2D eigenvalue weighted by molar-refractivity contribution is 6.00. The predicted molar refractivity (Wildman–Crippen MR) is 78.5 cm³/mol. The molecule has 0 saturated carbocycles. The Bertz CT molecular complexity index is 626. The molecule has 5 heteroatoms. The Hall–Kier alpha value is -2.56. The van der Waals surface area contributed by atoms with Crippen LogP contribution in [0.15, 0.2) is 42.5 Å². The summed E-state index contributed by atoms with van der Waals surface area (Å²) in [5, 5.41) is 0. The lowest BCUT2D eigenvalue weighted by Gasteiger charge is -2.25. The van der Waals surface area contributed by atoms with Crippen LogP contribution in [-0.2, 0) is 0 Å². The van der Waals surface area contributed by atoms with E-state index in [2.05, 4.69) is 0 Å². The summed E-state index contributed by atoms with van der Waals surface area (Å²) in [6.45, 7) is 2.52. The third-order valence-electron chi connectivity index (χ3n) is 3.03. The van der Waals surface area contributed by atoms with Crippen molar-refractivity contribution >= 4 is 23.0 Å². The Morgan fingerprint density at radius 2 is 1.85 bits per heavy atom. The van der Waals surface area contributed by atoms with Crippen LogP contribution in [0.5, 0.6) is 0 Å². The van der Waals surface area contributed by atoms with Gasteiger partial charge in [0.1, 0.15) is 5.82 Å². The van der Waals surface area contributed by atoms with Crippen molar-refractivity contribution in [1.29, 1.82) is 0 Å². The molecule has 0 saturated heterocycles. The fourth-order valence-electron chi connectivity index (χ4n) is 2.09. The van der Waals surface area contributed by atoms with E-state index in [0.29, 0.717) is 23.5 Å². The minimum absolute atomic E-state index is 0.312. The fourth-order valence-corrected chi connectivity index (χ4v) is 2.09. The van der Waals surface area contributed by atoms with Crippen LogP contribution in [0.3, 0.4) is 0 Å². The summed E-state index contributed by atoms with van der Waals surface area (Å²) in [4.78, 5) is 13.4. The second kappa shape index (κ2) is 5.61. The molecule has 4 nitrogen and oxygen atoms in total. The zero-order valence-corrected chi connectivity index (χ0v) is 11.1. The number of amides is 1. The number of anilines is 3. The third-order valence-corrected chi connectivity index (χ3v) is 3.03. The van der Waals surface area contributed by atoms with E-state index in [1.54, 1.807) is 30.3 Å². The van der Waals surface area contributed by atoms with Crippen LogP contribution in [0.25, 0.3) is 0 Å². The van der Waals surface area contributed by atoms with Crippen molar-refractivity contribution in [3.63, 3.8) is 0 Å². The molecule has 0 fully saturated rings. The second-order valence-corrected chi connectivity index (χ2v) is 4.36. The lowest BCUT2D eigenvalue weighted by Crippen LogP contribution is -2.22. The Morgan fingerprint density at radius 3 is 2.40 bits per heavy atom. The summed E-state index contributed by atoms with van der Waals surface area (Å²) in [5.41, 5.74) is 13.5. The van der Waals surface area contributed by atoms with Gasteiger partial charge in [-0.2, -0.15) is 0 Å². The SMILES string of the molecule is CCN(c1ccc(F)cc1)c1cc(N)ccc1C(N)=O. The molecule has 2 aromatic carbocycles. The number of carbonyl (C=O) groups excluding carboxylic acids is 1. The molecule has 4 N–H and O–H groups in total. The molecule has 2 rings (SSSR count). The molecule has 20 heavy (non-hydrogen) atoms. The zero-order chi connectivity index (χ0) is 14.7. The number of benzene rings is 2. The Kier molecular flexibility index (Phi) is 3.89. The van der Waals surface area contributed by atoms with Gasteiger partial charge in [-0.25, -0.2) is 4.39 Å². The summed E-state index contributed by atoms with van der Waals surface area (Å²) >= 11 is 0. The quantitative estimate of drug-likeness (QED) is 0.841. The summed E-state index contributed by atoms with van der Waals surface area (Å²) in [6, 6.07) is 10.9. The number of hydrogen-bond donors (Lipinski definition) is 2. The van der Waals surface area contributed by atoms with E-state index in [9.17, 15) is 9.18 Å². The van der Waals surface area contributed by atoms with E-state index >= 15 is 0 Å². The van der Waals surface area contributed by atoms with Crippen LogP contribution < -0.4 is 16.4 Å². The lowest BCUT2D eigenvalue weighted by molar-refractivity contribution is 0.100. The highest BCUT2D eigenvalue weighted by Gasteiger charge is 2.15. The summed E-state index contributed by atoms with van der Waals surface area (Å²) in [5.74, 6) is -0.840. The summed E-state index contributed by atoms with van der Waals surface area (Å²) in [7, 11) is 0. The third kappa shape index (κ3) is 2.71. The average Bonchev–Trinajstić information content (AvgIpc) is 2.41. The van der Waals surface area contributed by atoms with Crippen LogP contribution in [0.2, 0.25) is 0 Å².